The largest absolute Gasteiger partial charge is 0.494 e. The Bertz CT molecular complexity index is 1710. The van der Waals surface area contributed by atoms with Crippen LogP contribution in [0.5, 0.6) is 0 Å². The minimum atomic E-state index is -0.344. The molecule has 6 heteroatoms. The van der Waals surface area contributed by atoms with Crippen molar-refractivity contribution in [1.29, 1.82) is 0 Å². The maximum atomic E-state index is 6.13. The molecular weight excluding hydrogens is 515 g/mol. The molecule has 0 aliphatic carbocycles. The fourth-order valence-electron chi connectivity index (χ4n) is 4.57. The van der Waals surface area contributed by atoms with Gasteiger partial charge in [-0.25, -0.2) is 0 Å². The predicted octanol–water partition coefficient (Wildman–Crippen LogP) is 8.23. The molecule has 36 heavy (non-hydrogen) atoms. The second-order valence-electron chi connectivity index (χ2n) is 10.2. The van der Waals surface area contributed by atoms with E-state index < -0.39 is 0 Å². The van der Waals surface area contributed by atoms with Crippen molar-refractivity contribution >= 4 is 72.4 Å². The maximum Gasteiger partial charge on any atom is 0.494 e. The van der Waals surface area contributed by atoms with Crippen LogP contribution in [0.3, 0.4) is 0 Å². The van der Waals surface area contributed by atoms with Crippen LogP contribution in [-0.4, -0.2) is 18.3 Å². The Hall–Kier alpha value is -3.06. The third-order valence-electron chi connectivity index (χ3n) is 7.26. The first-order chi connectivity index (χ1) is 17.2. The van der Waals surface area contributed by atoms with Gasteiger partial charge in [-0.15, -0.1) is 0 Å². The molecule has 4 aromatic carbocycles. The number of hydrogen-bond donors (Lipinski definition) is 0. The smallest absolute Gasteiger partial charge is 0.456 e. The van der Waals surface area contributed by atoms with E-state index in [0.29, 0.717) is 0 Å². The predicted molar refractivity (Wildman–Crippen MR) is 151 cm³/mol. The van der Waals surface area contributed by atoms with Crippen LogP contribution in [0.15, 0.2) is 98.2 Å². The molecule has 0 spiro atoms. The van der Waals surface area contributed by atoms with E-state index in [1.807, 2.05) is 60.7 Å². The topological polar surface area (TPSA) is 44.7 Å². The molecule has 0 unspecified atom stereocenters. The second-order valence-corrected chi connectivity index (χ2v) is 11.1. The van der Waals surface area contributed by atoms with Crippen LogP contribution in [0.25, 0.3) is 43.9 Å². The van der Waals surface area contributed by atoms with Gasteiger partial charge in [-0.2, -0.15) is 0 Å². The lowest BCUT2D eigenvalue weighted by Crippen LogP contribution is -2.41. The van der Waals surface area contributed by atoms with Crippen molar-refractivity contribution in [2.75, 3.05) is 0 Å². The van der Waals surface area contributed by atoms with Crippen LogP contribution in [-0.2, 0) is 9.31 Å². The highest BCUT2D eigenvalue weighted by Crippen LogP contribution is 2.37. The fraction of sp³-hybridized carbons (Fsp3) is 0.200. The lowest BCUT2D eigenvalue weighted by Gasteiger charge is -2.32. The first-order valence-electron chi connectivity index (χ1n) is 12.1. The number of benzene rings is 4. The maximum absolute atomic E-state index is 6.13. The molecule has 0 bridgehead atoms. The van der Waals surface area contributed by atoms with Crippen molar-refractivity contribution in [3.63, 3.8) is 0 Å². The molecule has 0 amide bonds. The average Bonchev–Trinajstić information content (AvgIpc) is 3.47. The van der Waals surface area contributed by atoms with E-state index in [1.165, 1.54) is 5.39 Å². The highest BCUT2D eigenvalue weighted by molar-refractivity contribution is 9.10. The number of furan rings is 2. The highest BCUT2D eigenvalue weighted by Gasteiger charge is 2.51. The summed E-state index contributed by atoms with van der Waals surface area (Å²) in [6.07, 6.45) is 0. The number of hydrogen-bond acceptors (Lipinski definition) is 4. The zero-order chi connectivity index (χ0) is 25.1. The standard InChI is InChI=1S/C18H19BO3.C12H7BrO/c1-17(2)18(3,4)22-19(21-17)12-9-10-16-14(11-12)13-7-5-6-8-15(13)20-16;13-8-5-6-12-10(7-8)9-3-1-2-4-11(9)14-12/h5-11H,1-4H3;1-7H. The number of halogens is 1. The highest BCUT2D eigenvalue weighted by atomic mass is 79.9. The number of fused-ring (bicyclic) bond motifs is 6. The summed E-state index contributed by atoms with van der Waals surface area (Å²) in [5, 5.41) is 4.55. The first-order valence-corrected chi connectivity index (χ1v) is 12.8. The minimum absolute atomic E-state index is 0.328. The normalized spacial score (nSPS) is 16.6. The second kappa shape index (κ2) is 8.51. The van der Waals surface area contributed by atoms with Gasteiger partial charge < -0.3 is 18.1 Å². The Labute approximate surface area is 218 Å². The van der Waals surface area contributed by atoms with Crippen molar-refractivity contribution in [3.05, 3.63) is 89.4 Å². The van der Waals surface area contributed by atoms with E-state index in [2.05, 4.69) is 67.9 Å². The summed E-state index contributed by atoms with van der Waals surface area (Å²) in [7, 11) is -0.344. The molecule has 180 valence electrons. The first kappa shape index (κ1) is 23.3. The van der Waals surface area contributed by atoms with Crippen LogP contribution < -0.4 is 5.46 Å². The van der Waals surface area contributed by atoms with Gasteiger partial charge >= 0.3 is 7.12 Å². The molecule has 0 saturated carbocycles. The van der Waals surface area contributed by atoms with Crippen LogP contribution in [0.4, 0.5) is 0 Å². The van der Waals surface area contributed by atoms with E-state index in [9.17, 15) is 0 Å². The van der Waals surface area contributed by atoms with Crippen molar-refractivity contribution in [1.82, 2.24) is 0 Å². The van der Waals surface area contributed by atoms with Crippen molar-refractivity contribution in [2.45, 2.75) is 38.9 Å². The van der Waals surface area contributed by atoms with Gasteiger partial charge in [0.15, 0.2) is 0 Å². The molecule has 2 aromatic heterocycles. The summed E-state index contributed by atoms with van der Waals surface area (Å²) in [4.78, 5) is 0. The quantitative estimate of drug-likeness (QED) is 0.197. The summed E-state index contributed by atoms with van der Waals surface area (Å²) in [5.41, 5.74) is 4.05. The molecule has 1 fully saturated rings. The summed E-state index contributed by atoms with van der Waals surface area (Å²) in [6, 6.07) is 28.4. The number of para-hydroxylation sites is 2. The molecule has 0 N–H and O–H groups in total. The average molecular weight is 541 g/mol. The van der Waals surface area contributed by atoms with Gasteiger partial charge in [0.2, 0.25) is 0 Å². The Balaban J connectivity index is 0.000000147. The molecule has 4 nitrogen and oxygen atoms in total. The Morgan fingerprint density at radius 2 is 1.03 bits per heavy atom. The van der Waals surface area contributed by atoms with Gasteiger partial charge in [0.05, 0.1) is 11.2 Å². The summed E-state index contributed by atoms with van der Waals surface area (Å²) >= 11 is 3.46. The third-order valence-corrected chi connectivity index (χ3v) is 7.76. The molecule has 0 radical (unpaired) electrons. The lowest BCUT2D eigenvalue weighted by atomic mass is 9.78. The molecule has 6 aromatic rings. The van der Waals surface area contributed by atoms with E-state index in [-0.39, 0.29) is 18.3 Å². The monoisotopic (exact) mass is 540 g/mol. The van der Waals surface area contributed by atoms with Gasteiger partial charge in [0.1, 0.15) is 22.3 Å². The van der Waals surface area contributed by atoms with Crippen LogP contribution in [0, 0.1) is 0 Å². The van der Waals surface area contributed by atoms with E-state index in [0.717, 1.165) is 48.4 Å². The van der Waals surface area contributed by atoms with Gasteiger partial charge in [-0.05, 0) is 69.6 Å². The Kier molecular flexibility index (Phi) is 5.52. The molecule has 1 saturated heterocycles. The zero-order valence-corrected chi connectivity index (χ0v) is 22.3. The summed E-state index contributed by atoms with van der Waals surface area (Å²) in [5.74, 6) is 0. The molecule has 1 aliphatic rings. The number of rotatable bonds is 1. The van der Waals surface area contributed by atoms with Crippen LogP contribution >= 0.6 is 15.9 Å². The van der Waals surface area contributed by atoms with Gasteiger partial charge in [0.25, 0.3) is 0 Å². The van der Waals surface area contributed by atoms with Crippen molar-refractivity contribution in [2.24, 2.45) is 0 Å². The van der Waals surface area contributed by atoms with E-state index in [4.69, 9.17) is 18.1 Å². The molecule has 0 atom stereocenters. The fourth-order valence-corrected chi connectivity index (χ4v) is 4.93. The summed E-state index contributed by atoms with van der Waals surface area (Å²) < 4.78 is 24.9. The zero-order valence-electron chi connectivity index (χ0n) is 20.7. The van der Waals surface area contributed by atoms with Gasteiger partial charge in [-0.1, -0.05) is 64.5 Å². The van der Waals surface area contributed by atoms with Gasteiger partial charge in [0, 0.05) is 26.0 Å². The van der Waals surface area contributed by atoms with Crippen LogP contribution in [0.1, 0.15) is 27.7 Å². The molecular formula is C30H26BBrO4. The van der Waals surface area contributed by atoms with E-state index in [1.54, 1.807) is 0 Å². The minimum Gasteiger partial charge on any atom is -0.456 e. The Morgan fingerprint density at radius 3 is 1.61 bits per heavy atom. The van der Waals surface area contributed by atoms with Crippen molar-refractivity contribution in [3.8, 4) is 0 Å². The molecule has 3 heterocycles. The van der Waals surface area contributed by atoms with Gasteiger partial charge in [-0.3, -0.25) is 0 Å². The Morgan fingerprint density at radius 1 is 0.556 bits per heavy atom. The third kappa shape index (κ3) is 3.94. The lowest BCUT2D eigenvalue weighted by molar-refractivity contribution is 0.00578. The summed E-state index contributed by atoms with van der Waals surface area (Å²) in [6.45, 7) is 8.27. The SMILES string of the molecule is Brc1ccc2oc3ccccc3c2c1.CC1(C)OB(c2ccc3oc4ccccc4c3c2)OC1(C)C. The molecule has 7 rings (SSSR count). The van der Waals surface area contributed by atoms with Crippen LogP contribution in [0.2, 0.25) is 0 Å². The molecule has 1 aliphatic heterocycles. The van der Waals surface area contributed by atoms with E-state index >= 15 is 0 Å². The van der Waals surface area contributed by atoms with Crippen molar-refractivity contribution < 1.29 is 18.1 Å².